The van der Waals surface area contributed by atoms with Crippen molar-refractivity contribution in [2.75, 3.05) is 0 Å². The van der Waals surface area contributed by atoms with Gasteiger partial charge in [0, 0.05) is 56.7 Å². The Bertz CT molecular complexity index is 1210. The number of aliphatic hydroxyl groups excluding tert-OH is 1. The number of allylic oxidation sites excluding steroid dienone is 2. The summed E-state index contributed by atoms with van der Waals surface area (Å²) in [6.07, 6.45) is 4.96. The number of carbonyl (C=O) groups is 1. The van der Waals surface area contributed by atoms with Crippen molar-refractivity contribution in [3.63, 3.8) is 0 Å². The number of benzene rings is 2. The summed E-state index contributed by atoms with van der Waals surface area (Å²) in [5.74, 6) is 1.45. The number of hydrogen-bond acceptors (Lipinski definition) is 5. The van der Waals surface area contributed by atoms with Gasteiger partial charge in [-0.1, -0.05) is 18.2 Å². The molecule has 0 saturated heterocycles. The topological polar surface area (TPSA) is 81.1 Å². The third-order valence-electron chi connectivity index (χ3n) is 4.40. The average molecular weight is 595 g/mol. The van der Waals surface area contributed by atoms with Gasteiger partial charge in [0.15, 0.2) is 11.7 Å². The standard InChI is InChI=1S/C19H16N3O.C5H8O2.Ir/c1-12-5-4-6-13(2)18(12)22-10-9-20-19(22)15-7-8-17-16(11-15)21-14(3)23-17;1-4(6)3-5(2)7;/h4-6,8-11H,1-3H3;3,6H,1-2H3;/q-1;;/b;4-3-;. The maximum Gasteiger partial charge on any atom is 0.180 e. The first-order valence-electron chi connectivity index (χ1n) is 9.53. The zero-order valence-electron chi connectivity index (χ0n) is 18.1. The number of aryl methyl sites for hydroxylation is 3. The number of aliphatic hydroxyl groups is 1. The molecule has 4 aromatic rings. The van der Waals surface area contributed by atoms with Gasteiger partial charge < -0.3 is 14.1 Å². The van der Waals surface area contributed by atoms with Gasteiger partial charge in [0.25, 0.3) is 0 Å². The second-order valence-electron chi connectivity index (χ2n) is 7.09. The Morgan fingerprint density at radius 3 is 2.45 bits per heavy atom. The minimum Gasteiger partial charge on any atom is -0.512 e. The molecule has 4 rings (SSSR count). The molecular formula is C24H24IrN3O3-. The molecule has 0 fully saturated rings. The van der Waals surface area contributed by atoms with E-state index in [1.165, 1.54) is 31.1 Å². The number of fused-ring (bicyclic) bond motifs is 1. The van der Waals surface area contributed by atoms with E-state index in [1.54, 1.807) is 0 Å². The van der Waals surface area contributed by atoms with Crippen molar-refractivity contribution in [3.05, 3.63) is 77.6 Å². The first-order valence-corrected chi connectivity index (χ1v) is 9.53. The molecule has 0 atom stereocenters. The molecule has 7 heteroatoms. The van der Waals surface area contributed by atoms with Crippen LogP contribution in [0.3, 0.4) is 0 Å². The Hall–Kier alpha value is -3.02. The molecule has 1 N–H and O–H groups in total. The van der Waals surface area contributed by atoms with Crippen LogP contribution in [0.15, 0.2) is 59.0 Å². The minimum absolute atomic E-state index is 0. The second-order valence-corrected chi connectivity index (χ2v) is 7.09. The molecule has 0 bridgehead atoms. The zero-order chi connectivity index (χ0) is 21.8. The second kappa shape index (κ2) is 10.3. The first-order chi connectivity index (χ1) is 14.3. The van der Waals surface area contributed by atoms with Crippen LogP contribution in [0.25, 0.3) is 28.2 Å². The van der Waals surface area contributed by atoms with E-state index in [4.69, 9.17) is 9.52 Å². The van der Waals surface area contributed by atoms with Crippen molar-refractivity contribution in [2.45, 2.75) is 34.6 Å². The van der Waals surface area contributed by atoms with E-state index in [0.29, 0.717) is 5.89 Å². The Morgan fingerprint density at radius 2 is 1.87 bits per heavy atom. The Morgan fingerprint density at radius 1 is 1.19 bits per heavy atom. The van der Waals surface area contributed by atoms with E-state index in [9.17, 15) is 4.79 Å². The van der Waals surface area contributed by atoms with Crippen LogP contribution in [0, 0.1) is 26.8 Å². The summed E-state index contributed by atoms with van der Waals surface area (Å²) in [7, 11) is 0. The number of imidazole rings is 1. The summed E-state index contributed by atoms with van der Waals surface area (Å²) in [6.45, 7) is 8.92. The largest absolute Gasteiger partial charge is 0.512 e. The minimum atomic E-state index is -0.125. The summed E-state index contributed by atoms with van der Waals surface area (Å²) in [4.78, 5) is 18.9. The Balaban J connectivity index is 0.000000373. The van der Waals surface area contributed by atoms with Crippen LogP contribution in [0.4, 0.5) is 0 Å². The number of nitrogens with zero attached hydrogens (tertiary/aromatic N) is 3. The van der Waals surface area contributed by atoms with Gasteiger partial charge in [-0.15, -0.1) is 23.8 Å². The fourth-order valence-corrected chi connectivity index (χ4v) is 3.28. The molecule has 2 aromatic heterocycles. The van der Waals surface area contributed by atoms with Crippen LogP contribution in [0.1, 0.15) is 30.9 Å². The summed E-state index contributed by atoms with van der Waals surface area (Å²) >= 11 is 0. The molecule has 31 heavy (non-hydrogen) atoms. The first kappa shape index (κ1) is 24.3. The van der Waals surface area contributed by atoms with Gasteiger partial charge in [0.2, 0.25) is 0 Å². The van der Waals surface area contributed by atoms with Crippen molar-refractivity contribution in [3.8, 4) is 17.1 Å². The molecule has 163 valence electrons. The van der Waals surface area contributed by atoms with Crippen LogP contribution in [-0.4, -0.2) is 25.4 Å². The summed E-state index contributed by atoms with van der Waals surface area (Å²) in [5, 5.41) is 8.36. The van der Waals surface area contributed by atoms with Crippen molar-refractivity contribution in [1.29, 1.82) is 0 Å². The van der Waals surface area contributed by atoms with Gasteiger partial charge in [0.1, 0.15) is 0 Å². The van der Waals surface area contributed by atoms with Crippen LogP contribution < -0.4 is 0 Å². The number of rotatable bonds is 3. The molecule has 2 heterocycles. The van der Waals surface area contributed by atoms with Gasteiger partial charge in [-0.25, -0.2) is 4.98 Å². The van der Waals surface area contributed by atoms with Crippen LogP contribution in [0.5, 0.6) is 0 Å². The van der Waals surface area contributed by atoms with E-state index in [1.807, 2.05) is 31.5 Å². The van der Waals surface area contributed by atoms with E-state index < -0.39 is 0 Å². The van der Waals surface area contributed by atoms with E-state index in [-0.39, 0.29) is 31.6 Å². The van der Waals surface area contributed by atoms with Crippen molar-refractivity contribution in [1.82, 2.24) is 14.5 Å². The molecule has 6 nitrogen and oxygen atoms in total. The monoisotopic (exact) mass is 595 g/mol. The molecule has 0 aliphatic carbocycles. The zero-order valence-corrected chi connectivity index (χ0v) is 20.5. The molecule has 1 radical (unpaired) electrons. The SMILES string of the molecule is CC(=O)/C=C(/C)O.Cc1nc2cc(-c3nccn3-c3c(C)cccc3C)[c-]cc2o1.[Ir]. The Labute approximate surface area is 195 Å². The summed E-state index contributed by atoms with van der Waals surface area (Å²) in [6, 6.07) is 13.4. The molecule has 0 aliphatic heterocycles. The number of carbonyl (C=O) groups excluding carboxylic acids is 1. The number of para-hydroxylation sites is 1. The smallest absolute Gasteiger partial charge is 0.180 e. The van der Waals surface area contributed by atoms with Gasteiger partial charge in [-0.3, -0.25) is 9.78 Å². The molecule has 2 aromatic carbocycles. The Kier molecular flexibility index (Phi) is 8.08. The molecular weight excluding hydrogens is 570 g/mol. The van der Waals surface area contributed by atoms with E-state index >= 15 is 0 Å². The van der Waals surface area contributed by atoms with E-state index in [0.717, 1.165) is 28.2 Å². The molecule has 0 saturated carbocycles. The van der Waals surface area contributed by atoms with E-state index in [2.05, 4.69) is 52.6 Å². The van der Waals surface area contributed by atoms with Crippen molar-refractivity contribution < 1.29 is 34.4 Å². The van der Waals surface area contributed by atoms with Crippen LogP contribution >= 0.6 is 0 Å². The predicted octanol–water partition coefficient (Wildman–Crippen LogP) is 5.44. The van der Waals surface area contributed by atoms with Crippen molar-refractivity contribution >= 4 is 16.9 Å². The summed E-state index contributed by atoms with van der Waals surface area (Å²) < 4.78 is 7.63. The maximum absolute atomic E-state index is 10.0. The van der Waals surface area contributed by atoms with Gasteiger partial charge in [-0.2, -0.15) is 0 Å². The number of hydrogen-bond donors (Lipinski definition) is 1. The fraction of sp³-hybridized carbons (Fsp3) is 0.208. The van der Waals surface area contributed by atoms with Gasteiger partial charge in [0.05, 0.1) is 17.2 Å². The molecule has 0 unspecified atom stereocenters. The number of aromatic nitrogens is 3. The molecule has 0 amide bonds. The maximum atomic E-state index is 10.0. The third kappa shape index (κ3) is 5.78. The van der Waals surface area contributed by atoms with Gasteiger partial charge >= 0.3 is 0 Å². The fourth-order valence-electron chi connectivity index (χ4n) is 3.28. The number of ketones is 1. The molecule has 0 spiro atoms. The van der Waals surface area contributed by atoms with Crippen LogP contribution in [-0.2, 0) is 24.9 Å². The third-order valence-corrected chi connectivity index (χ3v) is 4.40. The average Bonchev–Trinajstić information content (AvgIpc) is 3.26. The molecule has 0 aliphatic rings. The number of oxazole rings is 1. The predicted molar refractivity (Wildman–Crippen MR) is 117 cm³/mol. The van der Waals surface area contributed by atoms with Crippen LogP contribution in [0.2, 0.25) is 0 Å². The summed E-state index contributed by atoms with van der Waals surface area (Å²) in [5.41, 5.74) is 6.05. The van der Waals surface area contributed by atoms with Gasteiger partial charge in [-0.05, 0) is 38.8 Å². The quantitative estimate of drug-likeness (QED) is 0.194. The van der Waals surface area contributed by atoms with Crippen molar-refractivity contribution in [2.24, 2.45) is 0 Å². The normalized spacial score (nSPS) is 10.9.